The summed E-state index contributed by atoms with van der Waals surface area (Å²) in [6.45, 7) is 1.61. The first-order chi connectivity index (χ1) is 10.5. The van der Waals surface area contributed by atoms with E-state index in [1.807, 2.05) is 6.07 Å². The van der Waals surface area contributed by atoms with Crippen LogP contribution in [0.25, 0.3) is 0 Å². The van der Waals surface area contributed by atoms with Crippen LogP contribution in [0.2, 0.25) is 0 Å². The number of carbonyl (C=O) groups excluding carboxylic acids is 1. The van der Waals surface area contributed by atoms with Gasteiger partial charge in [-0.15, -0.1) is 0 Å². The number of ketones is 1. The summed E-state index contributed by atoms with van der Waals surface area (Å²) in [5, 5.41) is 11.2. The van der Waals surface area contributed by atoms with Gasteiger partial charge in [0.2, 0.25) is 0 Å². The minimum atomic E-state index is -1.31. The van der Waals surface area contributed by atoms with E-state index in [2.05, 4.69) is 15.9 Å². The highest BCUT2D eigenvalue weighted by Crippen LogP contribution is 2.34. The maximum absolute atomic E-state index is 12.4. The Bertz CT molecular complexity index is 690. The summed E-state index contributed by atoms with van der Waals surface area (Å²) in [7, 11) is 0. The first-order valence-electron chi connectivity index (χ1n) is 6.56. The van der Waals surface area contributed by atoms with Crippen LogP contribution in [0, 0.1) is 10.1 Å². The number of para-hydroxylation sites is 2. The third-order valence-electron chi connectivity index (χ3n) is 3.35. The lowest BCUT2D eigenvalue weighted by atomic mass is 9.92. The highest BCUT2D eigenvalue weighted by Gasteiger charge is 2.38. The summed E-state index contributed by atoms with van der Waals surface area (Å²) in [6.07, 6.45) is 0. The van der Waals surface area contributed by atoms with E-state index in [9.17, 15) is 14.9 Å². The molecule has 0 N–H and O–H groups in total. The number of halogens is 1. The topological polar surface area (TPSA) is 69.4 Å². The van der Waals surface area contributed by atoms with Gasteiger partial charge in [0, 0.05) is 11.6 Å². The highest BCUT2D eigenvalue weighted by molar-refractivity contribution is 9.09. The second-order valence-electron chi connectivity index (χ2n) is 4.78. The maximum Gasteiger partial charge on any atom is 0.310 e. The summed E-state index contributed by atoms with van der Waals surface area (Å²) in [6, 6.07) is 14.9. The van der Waals surface area contributed by atoms with E-state index < -0.39 is 10.5 Å². The Kier molecular flexibility index (Phi) is 4.92. The number of ether oxygens (including phenoxy) is 1. The molecule has 0 aliphatic rings. The molecule has 0 aliphatic heterocycles. The van der Waals surface area contributed by atoms with Crippen molar-refractivity contribution in [3.63, 3.8) is 0 Å². The lowest BCUT2D eigenvalue weighted by Gasteiger charge is -2.29. The van der Waals surface area contributed by atoms with Crippen LogP contribution < -0.4 is 4.74 Å². The van der Waals surface area contributed by atoms with Gasteiger partial charge in [-0.05, 0) is 13.0 Å². The van der Waals surface area contributed by atoms with Crippen molar-refractivity contribution in [3.8, 4) is 5.75 Å². The molecule has 0 spiro atoms. The number of hydrogen-bond donors (Lipinski definition) is 0. The number of benzene rings is 2. The van der Waals surface area contributed by atoms with Crippen LogP contribution in [0.5, 0.6) is 5.75 Å². The monoisotopic (exact) mass is 363 g/mol. The van der Waals surface area contributed by atoms with E-state index in [1.54, 1.807) is 43.3 Å². The zero-order valence-electron chi connectivity index (χ0n) is 11.9. The SMILES string of the molecule is CC(Oc1ccccc1[N+](=O)[O-])(C(=O)CBr)c1ccccc1. The fourth-order valence-corrected chi connectivity index (χ4v) is 2.61. The first kappa shape index (κ1) is 16.2. The van der Waals surface area contributed by atoms with Crippen molar-refractivity contribution in [1.82, 2.24) is 0 Å². The standard InChI is InChI=1S/C16H14BrNO4/c1-16(15(19)11-17,12-7-3-2-4-8-12)22-14-10-6-5-9-13(14)18(20)21/h2-10H,11H2,1H3. The normalized spacial score (nSPS) is 13.2. The lowest BCUT2D eigenvalue weighted by Crippen LogP contribution is -2.39. The molecule has 2 rings (SSSR count). The van der Waals surface area contributed by atoms with Crippen molar-refractivity contribution in [2.24, 2.45) is 0 Å². The van der Waals surface area contributed by atoms with Crippen LogP contribution >= 0.6 is 15.9 Å². The molecule has 0 amide bonds. The number of rotatable bonds is 6. The van der Waals surface area contributed by atoms with Crippen molar-refractivity contribution < 1.29 is 14.5 Å². The van der Waals surface area contributed by atoms with Gasteiger partial charge >= 0.3 is 5.69 Å². The second kappa shape index (κ2) is 6.70. The second-order valence-corrected chi connectivity index (χ2v) is 5.34. The number of nitrogens with zero attached hydrogens (tertiary/aromatic N) is 1. The molecule has 114 valence electrons. The van der Waals surface area contributed by atoms with E-state index in [0.29, 0.717) is 5.56 Å². The summed E-state index contributed by atoms with van der Waals surface area (Å²) in [5.74, 6) is -0.162. The molecule has 5 nitrogen and oxygen atoms in total. The predicted molar refractivity (Wildman–Crippen MR) is 86.3 cm³/mol. The molecule has 0 fully saturated rings. The van der Waals surface area contributed by atoms with E-state index in [-0.39, 0.29) is 22.6 Å². The average Bonchev–Trinajstić information content (AvgIpc) is 2.55. The van der Waals surface area contributed by atoms with Gasteiger partial charge < -0.3 is 4.74 Å². The van der Waals surface area contributed by atoms with Crippen LogP contribution in [-0.2, 0) is 10.4 Å². The van der Waals surface area contributed by atoms with Gasteiger partial charge in [0.1, 0.15) is 0 Å². The summed E-state index contributed by atoms with van der Waals surface area (Å²) < 4.78 is 5.81. The van der Waals surface area contributed by atoms with E-state index in [0.717, 1.165) is 0 Å². The molecular formula is C16H14BrNO4. The number of nitro groups is 1. The molecule has 0 aliphatic carbocycles. The fourth-order valence-electron chi connectivity index (χ4n) is 2.07. The van der Waals surface area contributed by atoms with Gasteiger partial charge in [0.05, 0.1) is 10.3 Å². The molecule has 1 unspecified atom stereocenters. The molecule has 0 bridgehead atoms. The number of carbonyl (C=O) groups is 1. The molecule has 0 aromatic heterocycles. The van der Waals surface area contributed by atoms with Gasteiger partial charge in [-0.1, -0.05) is 58.4 Å². The molecule has 0 heterocycles. The van der Waals surface area contributed by atoms with Crippen LogP contribution in [0.4, 0.5) is 5.69 Å². The van der Waals surface area contributed by atoms with Gasteiger partial charge in [-0.3, -0.25) is 14.9 Å². The summed E-state index contributed by atoms with van der Waals surface area (Å²) >= 11 is 3.15. The largest absolute Gasteiger partial charge is 0.468 e. The number of hydrogen-bond acceptors (Lipinski definition) is 4. The van der Waals surface area contributed by atoms with Crippen LogP contribution in [0.3, 0.4) is 0 Å². The van der Waals surface area contributed by atoms with Gasteiger partial charge in [-0.25, -0.2) is 0 Å². The third-order valence-corrected chi connectivity index (χ3v) is 3.86. The molecule has 2 aromatic carbocycles. The highest BCUT2D eigenvalue weighted by atomic mass is 79.9. The van der Waals surface area contributed by atoms with Crippen molar-refractivity contribution in [2.45, 2.75) is 12.5 Å². The Morgan fingerprint density at radius 2 is 1.77 bits per heavy atom. The maximum atomic E-state index is 12.4. The number of alkyl halides is 1. The summed E-state index contributed by atoms with van der Waals surface area (Å²) in [5.41, 5.74) is -0.846. The molecule has 0 saturated heterocycles. The van der Waals surface area contributed by atoms with Crippen LogP contribution in [0.1, 0.15) is 12.5 Å². The van der Waals surface area contributed by atoms with E-state index in [1.165, 1.54) is 12.1 Å². The number of Topliss-reactive ketones (excluding diaryl/α,β-unsaturated/α-hetero) is 1. The first-order valence-corrected chi connectivity index (χ1v) is 7.68. The van der Waals surface area contributed by atoms with Crippen molar-refractivity contribution in [1.29, 1.82) is 0 Å². The summed E-state index contributed by atoms with van der Waals surface area (Å²) in [4.78, 5) is 23.0. The molecule has 2 aromatic rings. The Hall–Kier alpha value is -2.21. The Balaban J connectivity index is 2.49. The van der Waals surface area contributed by atoms with Crippen molar-refractivity contribution in [2.75, 3.05) is 5.33 Å². The van der Waals surface area contributed by atoms with Crippen LogP contribution in [0.15, 0.2) is 54.6 Å². The van der Waals surface area contributed by atoms with Gasteiger partial charge in [-0.2, -0.15) is 0 Å². The van der Waals surface area contributed by atoms with E-state index >= 15 is 0 Å². The molecule has 0 radical (unpaired) electrons. The lowest BCUT2D eigenvalue weighted by molar-refractivity contribution is -0.386. The Morgan fingerprint density at radius 1 is 1.18 bits per heavy atom. The minimum absolute atomic E-state index is 0.0631. The predicted octanol–water partition coefficient (Wildman–Crippen LogP) is 3.85. The van der Waals surface area contributed by atoms with Crippen molar-refractivity contribution in [3.05, 3.63) is 70.3 Å². The van der Waals surface area contributed by atoms with Crippen molar-refractivity contribution >= 4 is 27.4 Å². The minimum Gasteiger partial charge on any atom is -0.468 e. The number of nitro benzene ring substituents is 1. The third kappa shape index (κ3) is 3.17. The quantitative estimate of drug-likeness (QED) is 0.444. The molecular weight excluding hydrogens is 350 g/mol. The van der Waals surface area contributed by atoms with Gasteiger partial charge in [0.25, 0.3) is 0 Å². The average molecular weight is 364 g/mol. The smallest absolute Gasteiger partial charge is 0.310 e. The fraction of sp³-hybridized carbons (Fsp3) is 0.188. The van der Waals surface area contributed by atoms with Gasteiger partial charge in [0.15, 0.2) is 17.1 Å². The Labute approximate surface area is 136 Å². The Morgan fingerprint density at radius 3 is 2.36 bits per heavy atom. The van der Waals surface area contributed by atoms with Crippen LogP contribution in [-0.4, -0.2) is 16.0 Å². The molecule has 0 saturated carbocycles. The molecule has 22 heavy (non-hydrogen) atoms. The molecule has 6 heteroatoms. The van der Waals surface area contributed by atoms with E-state index in [4.69, 9.17) is 4.74 Å². The molecule has 1 atom stereocenters. The zero-order chi connectivity index (χ0) is 16.2. The zero-order valence-corrected chi connectivity index (χ0v) is 13.4.